The van der Waals surface area contributed by atoms with Crippen LogP contribution in [0.5, 0.6) is 0 Å². The monoisotopic (exact) mass is 643 g/mol. The van der Waals surface area contributed by atoms with E-state index in [1.165, 1.54) is 35.2 Å². The van der Waals surface area contributed by atoms with Crippen molar-refractivity contribution in [2.45, 2.75) is 50.7 Å². The Morgan fingerprint density at radius 1 is 0.875 bits per heavy atom. The Kier molecular flexibility index (Phi) is 11.1. The van der Waals surface area contributed by atoms with Crippen molar-refractivity contribution in [1.29, 1.82) is 0 Å². The van der Waals surface area contributed by atoms with Crippen LogP contribution in [0, 0.1) is 0 Å². The summed E-state index contributed by atoms with van der Waals surface area (Å²) in [4.78, 5) is 28.3. The first-order valence-electron chi connectivity index (χ1n) is 12.4. The van der Waals surface area contributed by atoms with E-state index in [9.17, 15) is 18.0 Å². The van der Waals surface area contributed by atoms with Crippen LogP contribution < -0.4 is 9.62 Å². The minimum atomic E-state index is -4.29. The molecule has 0 saturated carbocycles. The van der Waals surface area contributed by atoms with Crippen molar-refractivity contribution in [3.63, 3.8) is 0 Å². The van der Waals surface area contributed by atoms with Gasteiger partial charge in [-0.2, -0.15) is 0 Å². The van der Waals surface area contributed by atoms with Gasteiger partial charge in [0, 0.05) is 33.2 Å². The predicted molar refractivity (Wildman–Crippen MR) is 162 cm³/mol. The number of hydrogen-bond donors (Lipinski definition) is 1. The van der Waals surface area contributed by atoms with Crippen molar-refractivity contribution in [1.82, 2.24) is 10.2 Å². The fraction of sp³-hybridized carbons (Fsp3) is 0.286. The number of halogens is 4. The molecule has 3 aromatic carbocycles. The van der Waals surface area contributed by atoms with Gasteiger partial charge in [0.2, 0.25) is 11.8 Å². The quantitative estimate of drug-likeness (QED) is 0.248. The molecule has 0 saturated heterocycles. The molecule has 0 heterocycles. The molecule has 1 N–H and O–H groups in total. The van der Waals surface area contributed by atoms with E-state index in [-0.39, 0.29) is 33.2 Å². The minimum absolute atomic E-state index is 0.0128. The van der Waals surface area contributed by atoms with Crippen LogP contribution in [-0.4, -0.2) is 43.8 Å². The third kappa shape index (κ3) is 7.62. The van der Waals surface area contributed by atoms with Crippen molar-refractivity contribution in [3.05, 3.63) is 92.4 Å². The summed E-state index contributed by atoms with van der Waals surface area (Å²) >= 11 is 25.4. The number of nitrogens with one attached hydrogen (secondary N) is 1. The second kappa shape index (κ2) is 13.9. The maximum Gasteiger partial charge on any atom is 0.264 e. The lowest BCUT2D eigenvalue weighted by molar-refractivity contribution is -0.139. The molecule has 0 aromatic heterocycles. The standard InChI is InChI=1S/C28H29Cl4N3O4S/c1-4-18(2)33-28(37)19(3)34(16-22-23(30)11-8-12-24(22)31)27(36)17-35(26-15-20(29)13-14-25(26)32)40(38,39)21-9-6-5-7-10-21/h5-15,18-19H,4,16-17H2,1-3H3,(H,33,37)/t18-,19-/m1/s1. The van der Waals surface area contributed by atoms with Crippen LogP contribution in [-0.2, 0) is 26.2 Å². The molecule has 0 fully saturated rings. The third-order valence-corrected chi connectivity index (χ3v) is 9.38. The first-order chi connectivity index (χ1) is 18.9. The maximum absolute atomic E-state index is 14.0. The average Bonchev–Trinajstić information content (AvgIpc) is 2.92. The van der Waals surface area contributed by atoms with Gasteiger partial charge in [-0.05, 0) is 62.7 Å². The van der Waals surface area contributed by atoms with Gasteiger partial charge in [-0.25, -0.2) is 8.42 Å². The molecule has 214 valence electrons. The summed E-state index contributed by atoms with van der Waals surface area (Å²) in [7, 11) is -4.29. The number of amides is 2. The fourth-order valence-corrected chi connectivity index (χ4v) is 6.21. The minimum Gasteiger partial charge on any atom is -0.352 e. The van der Waals surface area contributed by atoms with Crippen molar-refractivity contribution in [3.8, 4) is 0 Å². The van der Waals surface area contributed by atoms with Crippen LogP contribution >= 0.6 is 46.4 Å². The third-order valence-electron chi connectivity index (χ3n) is 6.35. The average molecular weight is 645 g/mol. The summed E-state index contributed by atoms with van der Waals surface area (Å²) in [5.41, 5.74) is 0.430. The summed E-state index contributed by atoms with van der Waals surface area (Å²) in [6, 6.07) is 15.7. The van der Waals surface area contributed by atoms with Gasteiger partial charge < -0.3 is 10.2 Å². The fourth-order valence-electron chi connectivity index (χ4n) is 3.81. The van der Waals surface area contributed by atoms with E-state index in [2.05, 4.69) is 5.32 Å². The summed E-state index contributed by atoms with van der Waals surface area (Å²) < 4.78 is 28.6. The molecule has 2 atom stereocenters. The topological polar surface area (TPSA) is 86.8 Å². The van der Waals surface area contributed by atoms with Gasteiger partial charge in [0.1, 0.15) is 12.6 Å². The molecule has 0 unspecified atom stereocenters. The van der Waals surface area contributed by atoms with Gasteiger partial charge in [0.25, 0.3) is 10.0 Å². The largest absolute Gasteiger partial charge is 0.352 e. The molecule has 2 amide bonds. The van der Waals surface area contributed by atoms with E-state index < -0.39 is 34.4 Å². The van der Waals surface area contributed by atoms with Gasteiger partial charge in [-0.15, -0.1) is 0 Å². The number of carbonyl (C=O) groups excluding carboxylic acids is 2. The lowest BCUT2D eigenvalue weighted by atomic mass is 10.1. The first kappa shape index (κ1) is 32.0. The van der Waals surface area contributed by atoms with E-state index >= 15 is 0 Å². The van der Waals surface area contributed by atoms with Crippen LogP contribution in [0.2, 0.25) is 20.1 Å². The lowest BCUT2D eigenvalue weighted by Gasteiger charge is -2.33. The number of anilines is 1. The normalized spacial score (nSPS) is 12.9. The van der Waals surface area contributed by atoms with Gasteiger partial charge in [-0.3, -0.25) is 13.9 Å². The molecular weight excluding hydrogens is 616 g/mol. The highest BCUT2D eigenvalue weighted by Crippen LogP contribution is 2.33. The summed E-state index contributed by atoms with van der Waals surface area (Å²) in [5, 5.41) is 3.76. The smallest absolute Gasteiger partial charge is 0.264 e. The Labute approximate surface area is 255 Å². The van der Waals surface area contributed by atoms with E-state index in [1.54, 1.807) is 43.3 Å². The molecule has 0 aliphatic heterocycles. The van der Waals surface area contributed by atoms with Crippen molar-refractivity contribution in [2.24, 2.45) is 0 Å². The molecular formula is C28H29Cl4N3O4S. The number of sulfonamides is 1. The molecule has 0 radical (unpaired) electrons. The van der Waals surface area contributed by atoms with Gasteiger partial charge in [0.05, 0.1) is 15.6 Å². The Balaban J connectivity index is 2.10. The van der Waals surface area contributed by atoms with Gasteiger partial charge in [-0.1, -0.05) is 77.6 Å². The highest BCUT2D eigenvalue weighted by molar-refractivity contribution is 7.92. The summed E-state index contributed by atoms with van der Waals surface area (Å²) in [6.07, 6.45) is 0.680. The number of nitrogens with zero attached hydrogens (tertiary/aromatic N) is 2. The molecule has 0 spiro atoms. The van der Waals surface area contributed by atoms with Crippen LogP contribution in [0.25, 0.3) is 0 Å². The summed E-state index contributed by atoms with van der Waals surface area (Å²) in [6.45, 7) is 4.50. The number of carbonyl (C=O) groups is 2. The Hall–Kier alpha value is -2.49. The van der Waals surface area contributed by atoms with Crippen molar-refractivity contribution >= 4 is 73.9 Å². The molecule has 3 aromatic rings. The predicted octanol–water partition coefficient (Wildman–Crippen LogP) is 6.83. The van der Waals surface area contributed by atoms with Crippen molar-refractivity contribution in [2.75, 3.05) is 10.8 Å². The van der Waals surface area contributed by atoms with E-state index in [1.807, 2.05) is 13.8 Å². The highest BCUT2D eigenvalue weighted by Gasteiger charge is 2.34. The Morgan fingerprint density at radius 2 is 1.50 bits per heavy atom. The second-order valence-corrected chi connectivity index (χ2v) is 12.7. The van der Waals surface area contributed by atoms with Crippen LogP contribution in [0.3, 0.4) is 0 Å². The zero-order chi connectivity index (χ0) is 29.6. The lowest BCUT2D eigenvalue weighted by Crippen LogP contribution is -2.52. The summed E-state index contributed by atoms with van der Waals surface area (Å²) in [5.74, 6) is -1.09. The molecule has 0 aliphatic carbocycles. The van der Waals surface area contributed by atoms with Crippen LogP contribution in [0.4, 0.5) is 5.69 Å². The van der Waals surface area contributed by atoms with Gasteiger partial charge in [0.15, 0.2) is 0 Å². The van der Waals surface area contributed by atoms with Crippen molar-refractivity contribution < 1.29 is 18.0 Å². The zero-order valence-electron chi connectivity index (χ0n) is 22.1. The maximum atomic E-state index is 14.0. The van der Waals surface area contributed by atoms with E-state index in [4.69, 9.17) is 46.4 Å². The molecule has 7 nitrogen and oxygen atoms in total. The number of benzene rings is 3. The highest BCUT2D eigenvalue weighted by atomic mass is 35.5. The Morgan fingerprint density at radius 3 is 2.10 bits per heavy atom. The Bertz CT molecular complexity index is 1450. The SMILES string of the molecule is CC[C@@H](C)NC(=O)[C@@H](C)N(Cc1c(Cl)cccc1Cl)C(=O)CN(c1cc(Cl)ccc1Cl)S(=O)(=O)c1ccccc1. The molecule has 3 rings (SSSR count). The van der Waals surface area contributed by atoms with Gasteiger partial charge >= 0.3 is 0 Å². The molecule has 0 bridgehead atoms. The number of rotatable bonds is 11. The molecule has 0 aliphatic rings. The molecule has 40 heavy (non-hydrogen) atoms. The first-order valence-corrected chi connectivity index (χ1v) is 15.4. The van der Waals surface area contributed by atoms with E-state index in [0.717, 1.165) is 4.31 Å². The second-order valence-electron chi connectivity index (χ2n) is 9.14. The van der Waals surface area contributed by atoms with E-state index in [0.29, 0.717) is 22.0 Å². The molecule has 12 heteroatoms. The van der Waals surface area contributed by atoms with Crippen LogP contribution in [0.1, 0.15) is 32.8 Å². The van der Waals surface area contributed by atoms with Crippen LogP contribution in [0.15, 0.2) is 71.6 Å². The zero-order valence-corrected chi connectivity index (χ0v) is 25.9. The number of hydrogen-bond acceptors (Lipinski definition) is 4.